The molecule has 0 radical (unpaired) electrons. The fourth-order valence-electron chi connectivity index (χ4n) is 3.12. The van der Waals surface area contributed by atoms with E-state index in [9.17, 15) is 4.39 Å². The summed E-state index contributed by atoms with van der Waals surface area (Å²) in [5, 5.41) is 4.10. The second-order valence-electron chi connectivity index (χ2n) is 6.11. The molecule has 1 fully saturated rings. The first-order valence-corrected chi connectivity index (χ1v) is 8.78. The first-order chi connectivity index (χ1) is 11.8. The third-order valence-electron chi connectivity index (χ3n) is 4.61. The van der Waals surface area contributed by atoms with Crippen molar-refractivity contribution in [1.29, 1.82) is 0 Å². The lowest BCUT2D eigenvalue weighted by Gasteiger charge is -2.41. The van der Waals surface area contributed by atoms with Crippen LogP contribution in [0.4, 0.5) is 9.52 Å². The summed E-state index contributed by atoms with van der Waals surface area (Å²) in [4.78, 5) is 8.83. The largest absolute Gasteiger partial charge is 0.359 e. The number of pyridine rings is 1. The van der Waals surface area contributed by atoms with E-state index in [1.807, 2.05) is 30.3 Å². The molecule has 4 rings (SSSR count). The topological polar surface area (TPSA) is 50.7 Å². The Morgan fingerprint density at radius 2 is 1.96 bits per heavy atom. The molecule has 0 unspecified atom stereocenters. The Balaban J connectivity index is 1.50. The lowest BCUT2D eigenvalue weighted by atomic mass is 9.66. The number of nitrogens with zero attached hydrogens (tertiary/aromatic N) is 3. The van der Waals surface area contributed by atoms with Crippen LogP contribution >= 0.6 is 11.5 Å². The minimum atomic E-state index is -0.232. The third-order valence-corrected chi connectivity index (χ3v) is 5.28. The molecule has 4 nitrogen and oxygen atoms in total. The Hall–Kier alpha value is -2.34. The summed E-state index contributed by atoms with van der Waals surface area (Å²) in [6.07, 6.45) is 4.65. The van der Waals surface area contributed by atoms with Gasteiger partial charge >= 0.3 is 0 Å². The van der Waals surface area contributed by atoms with E-state index in [-0.39, 0.29) is 11.2 Å². The van der Waals surface area contributed by atoms with Crippen molar-refractivity contribution < 1.29 is 4.39 Å². The summed E-state index contributed by atoms with van der Waals surface area (Å²) in [5.74, 6) is 0.496. The summed E-state index contributed by atoms with van der Waals surface area (Å²) in [6, 6.07) is 13.0. The Bertz CT molecular complexity index is 830. The molecular weight excluding hydrogens is 323 g/mol. The molecule has 1 saturated carbocycles. The van der Waals surface area contributed by atoms with E-state index in [0.29, 0.717) is 12.2 Å². The molecule has 122 valence electrons. The fraction of sp³-hybridized carbons (Fsp3) is 0.278. The van der Waals surface area contributed by atoms with Crippen LogP contribution < -0.4 is 5.32 Å². The van der Waals surface area contributed by atoms with E-state index in [1.54, 1.807) is 12.3 Å². The van der Waals surface area contributed by atoms with Crippen molar-refractivity contribution >= 4 is 16.7 Å². The molecule has 1 aromatic carbocycles. The van der Waals surface area contributed by atoms with Gasteiger partial charge in [-0.3, -0.25) is 4.98 Å². The number of halogens is 1. The van der Waals surface area contributed by atoms with Crippen molar-refractivity contribution in [3.8, 4) is 11.4 Å². The van der Waals surface area contributed by atoms with Gasteiger partial charge in [0.25, 0.3) is 0 Å². The molecule has 1 aliphatic carbocycles. The highest BCUT2D eigenvalue weighted by Gasteiger charge is 2.41. The van der Waals surface area contributed by atoms with Gasteiger partial charge in [0.1, 0.15) is 5.82 Å². The van der Waals surface area contributed by atoms with Crippen LogP contribution in [0.5, 0.6) is 0 Å². The van der Waals surface area contributed by atoms with Crippen LogP contribution in [0.2, 0.25) is 0 Å². The fourth-order valence-corrected chi connectivity index (χ4v) is 3.70. The van der Waals surface area contributed by atoms with Crippen LogP contribution in [0.25, 0.3) is 11.4 Å². The lowest BCUT2D eigenvalue weighted by molar-refractivity contribution is 0.243. The molecule has 0 spiro atoms. The van der Waals surface area contributed by atoms with Crippen molar-refractivity contribution in [2.45, 2.75) is 24.7 Å². The van der Waals surface area contributed by atoms with Crippen LogP contribution in [0, 0.1) is 5.82 Å². The summed E-state index contributed by atoms with van der Waals surface area (Å²) < 4.78 is 18.5. The summed E-state index contributed by atoms with van der Waals surface area (Å²) in [5.41, 5.74) is 1.33. The van der Waals surface area contributed by atoms with Gasteiger partial charge in [-0.1, -0.05) is 36.8 Å². The van der Waals surface area contributed by atoms with Gasteiger partial charge in [0.2, 0.25) is 5.13 Å². The van der Waals surface area contributed by atoms with Crippen LogP contribution in [-0.4, -0.2) is 20.9 Å². The Morgan fingerprint density at radius 3 is 2.67 bits per heavy atom. The van der Waals surface area contributed by atoms with E-state index < -0.39 is 0 Å². The van der Waals surface area contributed by atoms with Crippen LogP contribution in [0.3, 0.4) is 0 Å². The van der Waals surface area contributed by atoms with Gasteiger partial charge in [0, 0.05) is 35.3 Å². The predicted octanol–water partition coefficient (Wildman–Crippen LogP) is 4.27. The number of hydrogen-bond acceptors (Lipinski definition) is 5. The number of hydrogen-bond donors (Lipinski definition) is 1. The van der Waals surface area contributed by atoms with Crippen molar-refractivity contribution in [3.05, 3.63) is 60.2 Å². The second-order valence-corrected chi connectivity index (χ2v) is 6.86. The van der Waals surface area contributed by atoms with Gasteiger partial charge < -0.3 is 5.32 Å². The summed E-state index contributed by atoms with van der Waals surface area (Å²) in [6.45, 7) is 0.629. The zero-order valence-corrected chi connectivity index (χ0v) is 13.9. The van der Waals surface area contributed by atoms with E-state index in [4.69, 9.17) is 0 Å². The van der Waals surface area contributed by atoms with Gasteiger partial charge in [-0.25, -0.2) is 4.39 Å². The van der Waals surface area contributed by atoms with Gasteiger partial charge in [0.15, 0.2) is 5.82 Å². The molecule has 0 atom stereocenters. The summed E-state index contributed by atoms with van der Waals surface area (Å²) in [7, 11) is 0. The number of aromatic nitrogens is 3. The SMILES string of the molecule is Fc1cccnc1C1(CNc2nc(-c3ccccc3)ns2)CCC1. The van der Waals surface area contributed by atoms with E-state index in [2.05, 4.69) is 19.7 Å². The molecule has 0 amide bonds. The zero-order valence-electron chi connectivity index (χ0n) is 13.1. The maximum Gasteiger partial charge on any atom is 0.202 e. The maximum atomic E-state index is 14.1. The molecule has 2 aromatic heterocycles. The van der Waals surface area contributed by atoms with E-state index >= 15 is 0 Å². The van der Waals surface area contributed by atoms with Crippen molar-refractivity contribution in [3.63, 3.8) is 0 Å². The molecule has 0 aliphatic heterocycles. The van der Waals surface area contributed by atoms with Gasteiger partial charge in [0.05, 0.1) is 5.69 Å². The van der Waals surface area contributed by atoms with Gasteiger partial charge in [-0.2, -0.15) is 9.36 Å². The van der Waals surface area contributed by atoms with Gasteiger partial charge in [-0.15, -0.1) is 0 Å². The molecule has 3 aromatic rings. The Morgan fingerprint density at radius 1 is 1.12 bits per heavy atom. The minimum absolute atomic E-state index is 0.221. The highest BCUT2D eigenvalue weighted by atomic mass is 32.1. The lowest BCUT2D eigenvalue weighted by Crippen LogP contribution is -2.42. The van der Waals surface area contributed by atoms with E-state index in [0.717, 1.165) is 35.8 Å². The molecule has 2 heterocycles. The monoisotopic (exact) mass is 340 g/mol. The summed E-state index contributed by atoms with van der Waals surface area (Å²) >= 11 is 1.33. The van der Waals surface area contributed by atoms with Crippen molar-refractivity contribution in [2.24, 2.45) is 0 Å². The molecule has 1 aliphatic rings. The Labute approximate surface area is 144 Å². The van der Waals surface area contributed by atoms with E-state index in [1.165, 1.54) is 17.6 Å². The zero-order chi connectivity index (χ0) is 16.4. The first kappa shape index (κ1) is 15.2. The highest BCUT2D eigenvalue weighted by Crippen LogP contribution is 2.43. The maximum absolute atomic E-state index is 14.1. The predicted molar refractivity (Wildman–Crippen MR) is 93.6 cm³/mol. The average Bonchev–Trinajstić information content (AvgIpc) is 3.05. The smallest absolute Gasteiger partial charge is 0.202 e. The first-order valence-electron chi connectivity index (χ1n) is 8.01. The average molecular weight is 340 g/mol. The van der Waals surface area contributed by atoms with Crippen LogP contribution in [0.15, 0.2) is 48.7 Å². The molecule has 0 saturated heterocycles. The highest BCUT2D eigenvalue weighted by molar-refractivity contribution is 7.09. The second kappa shape index (κ2) is 6.28. The quantitative estimate of drug-likeness (QED) is 0.753. The molecular formula is C18H17FN4S. The number of benzene rings is 1. The standard InChI is InChI=1S/C18H17FN4S/c19-14-8-4-11-20-15(14)18(9-5-10-18)12-21-17-22-16(23-24-17)13-6-2-1-3-7-13/h1-4,6-8,11H,5,9-10,12H2,(H,21,22,23). The van der Waals surface area contributed by atoms with Crippen molar-refractivity contribution in [1.82, 2.24) is 14.3 Å². The molecule has 1 N–H and O–H groups in total. The number of anilines is 1. The number of nitrogens with one attached hydrogen (secondary N) is 1. The molecule has 0 bridgehead atoms. The third kappa shape index (κ3) is 2.78. The van der Waals surface area contributed by atoms with Crippen LogP contribution in [-0.2, 0) is 5.41 Å². The van der Waals surface area contributed by atoms with Crippen LogP contribution in [0.1, 0.15) is 25.0 Å². The molecule has 6 heteroatoms. The minimum Gasteiger partial charge on any atom is -0.359 e. The van der Waals surface area contributed by atoms with Gasteiger partial charge in [-0.05, 0) is 25.0 Å². The normalized spacial score (nSPS) is 15.7. The molecule has 24 heavy (non-hydrogen) atoms. The Kier molecular flexibility index (Phi) is 3.98. The van der Waals surface area contributed by atoms with Crippen molar-refractivity contribution in [2.75, 3.05) is 11.9 Å². The number of rotatable bonds is 5.